The van der Waals surface area contributed by atoms with Gasteiger partial charge >= 0.3 is 4.87 Å². The fraction of sp³-hybridized carbons (Fsp3) is 0.500. The van der Waals surface area contributed by atoms with E-state index >= 15 is 0 Å². The molecule has 0 fully saturated rings. The Morgan fingerprint density at radius 2 is 2.50 bits per heavy atom. The van der Waals surface area contributed by atoms with Crippen molar-refractivity contribution in [1.82, 2.24) is 4.98 Å². The molecule has 1 aliphatic heterocycles. The topological polar surface area (TPSA) is 42.1 Å². The average molecular weight is 157 g/mol. The van der Waals surface area contributed by atoms with Gasteiger partial charge in [-0.15, -0.1) is 0 Å². The first-order valence-corrected chi connectivity index (χ1v) is 3.96. The predicted octanol–water partition coefficient (Wildman–Crippen LogP) is 0.509. The van der Waals surface area contributed by atoms with E-state index < -0.39 is 0 Å². The van der Waals surface area contributed by atoms with Gasteiger partial charge in [0.15, 0.2) is 0 Å². The maximum absolute atomic E-state index is 10.8. The number of rotatable bonds is 0. The van der Waals surface area contributed by atoms with Crippen LogP contribution in [0, 0.1) is 0 Å². The lowest BCUT2D eigenvalue weighted by Crippen LogP contribution is -2.08. The van der Waals surface area contributed by atoms with Crippen molar-refractivity contribution in [3.8, 4) is 0 Å². The maximum Gasteiger partial charge on any atom is 0.305 e. The van der Waals surface area contributed by atoms with Crippen LogP contribution in [0.3, 0.4) is 0 Å². The number of aromatic nitrogens is 1. The zero-order valence-electron chi connectivity index (χ0n) is 5.35. The predicted molar refractivity (Wildman–Crippen MR) is 38.3 cm³/mol. The van der Waals surface area contributed by atoms with Crippen LogP contribution < -0.4 is 4.87 Å². The Kier molecular flexibility index (Phi) is 1.35. The van der Waals surface area contributed by atoms with Gasteiger partial charge in [-0.05, 0) is 0 Å². The van der Waals surface area contributed by atoms with Crippen LogP contribution in [0.1, 0.15) is 10.6 Å². The first kappa shape index (κ1) is 6.12. The second-order valence-corrected chi connectivity index (χ2v) is 3.29. The van der Waals surface area contributed by atoms with Crippen molar-refractivity contribution >= 4 is 11.3 Å². The summed E-state index contributed by atoms with van der Waals surface area (Å²) in [6, 6.07) is 0. The standard InChI is InChI=1S/C6H7NO2S/c8-6-7-4-1-2-9-3-5(4)10-6/h1-3H2,(H,7,8). The highest BCUT2D eigenvalue weighted by molar-refractivity contribution is 7.09. The minimum atomic E-state index is 0.0375. The fourth-order valence-electron chi connectivity index (χ4n) is 1.05. The molecule has 54 valence electrons. The number of thiazole rings is 1. The van der Waals surface area contributed by atoms with E-state index in [1.807, 2.05) is 0 Å². The van der Waals surface area contributed by atoms with E-state index in [1.165, 1.54) is 11.3 Å². The van der Waals surface area contributed by atoms with Gasteiger partial charge in [-0.1, -0.05) is 11.3 Å². The Morgan fingerprint density at radius 1 is 1.60 bits per heavy atom. The molecule has 0 bridgehead atoms. The Balaban J connectivity index is 2.50. The van der Waals surface area contributed by atoms with E-state index in [-0.39, 0.29) is 4.87 Å². The lowest BCUT2D eigenvalue weighted by atomic mass is 10.2. The van der Waals surface area contributed by atoms with Crippen molar-refractivity contribution in [3.63, 3.8) is 0 Å². The lowest BCUT2D eigenvalue weighted by Gasteiger charge is -2.09. The monoisotopic (exact) mass is 157 g/mol. The van der Waals surface area contributed by atoms with Gasteiger partial charge in [0.2, 0.25) is 0 Å². The highest BCUT2D eigenvalue weighted by atomic mass is 32.1. The van der Waals surface area contributed by atoms with Crippen molar-refractivity contribution in [1.29, 1.82) is 0 Å². The van der Waals surface area contributed by atoms with Crippen LogP contribution in [-0.4, -0.2) is 11.6 Å². The molecule has 0 saturated carbocycles. The van der Waals surface area contributed by atoms with E-state index in [1.54, 1.807) is 0 Å². The van der Waals surface area contributed by atoms with E-state index in [0.29, 0.717) is 6.61 Å². The number of hydrogen-bond acceptors (Lipinski definition) is 3. The van der Waals surface area contributed by atoms with E-state index in [4.69, 9.17) is 4.74 Å². The number of H-pyrrole nitrogens is 1. The normalized spacial score (nSPS) is 16.8. The summed E-state index contributed by atoms with van der Waals surface area (Å²) in [5.74, 6) is 0. The molecule has 10 heavy (non-hydrogen) atoms. The van der Waals surface area contributed by atoms with E-state index in [9.17, 15) is 4.79 Å². The van der Waals surface area contributed by atoms with Gasteiger partial charge in [-0.3, -0.25) is 4.79 Å². The highest BCUT2D eigenvalue weighted by Crippen LogP contribution is 2.15. The van der Waals surface area contributed by atoms with E-state index in [0.717, 1.165) is 23.6 Å². The summed E-state index contributed by atoms with van der Waals surface area (Å²) in [7, 11) is 0. The third-order valence-corrected chi connectivity index (χ3v) is 2.43. The molecule has 1 aromatic heterocycles. The first-order chi connectivity index (χ1) is 4.86. The van der Waals surface area contributed by atoms with Crippen LogP contribution >= 0.6 is 11.3 Å². The summed E-state index contributed by atoms with van der Waals surface area (Å²) in [5.41, 5.74) is 1.07. The Morgan fingerprint density at radius 3 is 3.30 bits per heavy atom. The van der Waals surface area contributed by atoms with Crippen LogP contribution in [0.15, 0.2) is 4.79 Å². The van der Waals surface area contributed by atoms with Gasteiger partial charge < -0.3 is 9.72 Å². The lowest BCUT2D eigenvalue weighted by molar-refractivity contribution is 0.112. The van der Waals surface area contributed by atoms with Gasteiger partial charge in [-0.25, -0.2) is 0 Å². The van der Waals surface area contributed by atoms with Crippen molar-refractivity contribution in [3.05, 3.63) is 20.2 Å². The Bertz CT molecular complexity index is 262. The fourth-order valence-corrected chi connectivity index (χ4v) is 1.87. The molecule has 2 rings (SSSR count). The molecule has 1 N–H and O–H groups in total. The molecule has 0 unspecified atom stereocenters. The molecule has 2 heterocycles. The molecule has 0 atom stereocenters. The number of ether oxygens (including phenoxy) is 1. The largest absolute Gasteiger partial charge is 0.375 e. The third kappa shape index (κ3) is 0.892. The molecule has 3 nitrogen and oxygen atoms in total. The summed E-state index contributed by atoms with van der Waals surface area (Å²) >= 11 is 1.25. The maximum atomic E-state index is 10.8. The highest BCUT2D eigenvalue weighted by Gasteiger charge is 2.11. The smallest absolute Gasteiger partial charge is 0.305 e. The average Bonchev–Trinajstić information content (AvgIpc) is 2.27. The minimum absolute atomic E-state index is 0.0375. The quantitative estimate of drug-likeness (QED) is 0.596. The van der Waals surface area contributed by atoms with Gasteiger partial charge in [0.25, 0.3) is 0 Å². The summed E-state index contributed by atoms with van der Waals surface area (Å²) in [5, 5.41) is 0. The van der Waals surface area contributed by atoms with Gasteiger partial charge in [-0.2, -0.15) is 0 Å². The van der Waals surface area contributed by atoms with Crippen molar-refractivity contribution in [2.45, 2.75) is 13.0 Å². The first-order valence-electron chi connectivity index (χ1n) is 3.15. The molecule has 4 heteroatoms. The van der Waals surface area contributed by atoms with Crippen LogP contribution in [0.25, 0.3) is 0 Å². The zero-order chi connectivity index (χ0) is 6.97. The molecule has 0 spiro atoms. The molecule has 0 aromatic carbocycles. The van der Waals surface area contributed by atoms with Gasteiger partial charge in [0.1, 0.15) is 0 Å². The molecule has 1 aromatic rings. The number of aromatic amines is 1. The van der Waals surface area contributed by atoms with Gasteiger partial charge in [0, 0.05) is 12.1 Å². The van der Waals surface area contributed by atoms with E-state index in [2.05, 4.69) is 4.98 Å². The zero-order valence-corrected chi connectivity index (χ0v) is 6.16. The Hall–Kier alpha value is -0.610. The molecule has 0 aliphatic carbocycles. The molecule has 0 saturated heterocycles. The Labute approximate surface area is 61.7 Å². The molecule has 1 aliphatic rings. The SMILES string of the molecule is O=c1[nH]c2c(s1)COCC2. The molecule has 0 amide bonds. The van der Waals surface area contributed by atoms with Crippen LogP contribution in [0.2, 0.25) is 0 Å². The molecule has 0 radical (unpaired) electrons. The minimum Gasteiger partial charge on any atom is -0.375 e. The third-order valence-electron chi connectivity index (χ3n) is 1.53. The van der Waals surface area contributed by atoms with Crippen molar-refractivity contribution < 1.29 is 4.74 Å². The van der Waals surface area contributed by atoms with Crippen LogP contribution in [-0.2, 0) is 17.8 Å². The number of hydrogen-bond donors (Lipinski definition) is 1. The van der Waals surface area contributed by atoms with Crippen molar-refractivity contribution in [2.24, 2.45) is 0 Å². The second-order valence-electron chi connectivity index (χ2n) is 2.22. The van der Waals surface area contributed by atoms with Crippen LogP contribution in [0.4, 0.5) is 0 Å². The van der Waals surface area contributed by atoms with Crippen molar-refractivity contribution in [2.75, 3.05) is 6.61 Å². The summed E-state index contributed by atoms with van der Waals surface area (Å²) < 4.78 is 5.16. The second kappa shape index (κ2) is 2.21. The molecular weight excluding hydrogens is 150 g/mol. The molecular formula is C6H7NO2S. The summed E-state index contributed by atoms with van der Waals surface area (Å²) in [6.45, 7) is 1.35. The summed E-state index contributed by atoms with van der Waals surface area (Å²) in [6.07, 6.45) is 0.855. The number of fused-ring (bicyclic) bond motifs is 1. The summed E-state index contributed by atoms with van der Waals surface area (Å²) in [4.78, 5) is 14.6. The van der Waals surface area contributed by atoms with Gasteiger partial charge in [0.05, 0.1) is 18.1 Å². The van der Waals surface area contributed by atoms with Crippen LogP contribution in [0.5, 0.6) is 0 Å². The number of nitrogens with one attached hydrogen (secondary N) is 1.